The molecule has 0 fully saturated rings. The standard InChI is InChI=1S/C14H19N/c1-5-11-9-15(4)14-8-12(10(2)3)6-7-13(11)14/h6-10H,5H2,1-4H3. The van der Waals surface area contributed by atoms with E-state index in [2.05, 4.69) is 56.8 Å². The monoisotopic (exact) mass is 201 g/mol. The van der Waals surface area contributed by atoms with Crippen LogP contribution in [0, 0.1) is 0 Å². The zero-order valence-electron chi connectivity index (χ0n) is 10.0. The van der Waals surface area contributed by atoms with E-state index >= 15 is 0 Å². The highest BCUT2D eigenvalue weighted by molar-refractivity contribution is 5.84. The van der Waals surface area contributed by atoms with Crippen molar-refractivity contribution in [3.8, 4) is 0 Å². The van der Waals surface area contributed by atoms with Gasteiger partial charge in [0.05, 0.1) is 0 Å². The van der Waals surface area contributed by atoms with Gasteiger partial charge in [-0.15, -0.1) is 0 Å². The van der Waals surface area contributed by atoms with Gasteiger partial charge in [0, 0.05) is 24.1 Å². The van der Waals surface area contributed by atoms with Gasteiger partial charge in [0.2, 0.25) is 0 Å². The Labute approximate surface area is 91.7 Å². The molecule has 0 N–H and O–H groups in total. The first kappa shape index (κ1) is 10.3. The minimum absolute atomic E-state index is 0.606. The van der Waals surface area contributed by atoms with E-state index in [4.69, 9.17) is 0 Å². The van der Waals surface area contributed by atoms with E-state index in [0.717, 1.165) is 6.42 Å². The van der Waals surface area contributed by atoms with Crippen molar-refractivity contribution in [2.24, 2.45) is 7.05 Å². The molecule has 0 aliphatic carbocycles. The highest BCUT2D eigenvalue weighted by atomic mass is 14.9. The van der Waals surface area contributed by atoms with Gasteiger partial charge in [-0.25, -0.2) is 0 Å². The van der Waals surface area contributed by atoms with Crippen LogP contribution in [0.2, 0.25) is 0 Å². The molecule has 0 saturated heterocycles. The number of rotatable bonds is 2. The van der Waals surface area contributed by atoms with Crippen LogP contribution in [0.4, 0.5) is 0 Å². The number of fused-ring (bicyclic) bond motifs is 1. The second-order valence-electron chi connectivity index (χ2n) is 4.55. The molecule has 1 heterocycles. The topological polar surface area (TPSA) is 4.93 Å². The lowest BCUT2D eigenvalue weighted by Crippen LogP contribution is -1.89. The van der Waals surface area contributed by atoms with Gasteiger partial charge < -0.3 is 4.57 Å². The maximum Gasteiger partial charge on any atom is 0.0483 e. The first-order valence-corrected chi connectivity index (χ1v) is 5.71. The van der Waals surface area contributed by atoms with Crippen molar-refractivity contribution in [3.05, 3.63) is 35.5 Å². The van der Waals surface area contributed by atoms with Crippen molar-refractivity contribution < 1.29 is 0 Å². The van der Waals surface area contributed by atoms with E-state index in [0.29, 0.717) is 5.92 Å². The van der Waals surface area contributed by atoms with Crippen LogP contribution in [0.15, 0.2) is 24.4 Å². The average molecular weight is 201 g/mol. The highest BCUT2D eigenvalue weighted by Crippen LogP contribution is 2.25. The van der Waals surface area contributed by atoms with Gasteiger partial charge >= 0.3 is 0 Å². The second-order valence-corrected chi connectivity index (χ2v) is 4.55. The van der Waals surface area contributed by atoms with E-state index in [-0.39, 0.29) is 0 Å². The maximum atomic E-state index is 2.32. The highest BCUT2D eigenvalue weighted by Gasteiger charge is 2.07. The molecule has 2 rings (SSSR count). The molecule has 0 atom stereocenters. The third-order valence-corrected chi connectivity index (χ3v) is 3.14. The summed E-state index contributed by atoms with van der Waals surface area (Å²) in [6.45, 7) is 6.70. The number of benzene rings is 1. The van der Waals surface area contributed by atoms with Crippen LogP contribution in [-0.4, -0.2) is 4.57 Å². The van der Waals surface area contributed by atoms with Gasteiger partial charge in [-0.3, -0.25) is 0 Å². The van der Waals surface area contributed by atoms with Crippen LogP contribution in [0.25, 0.3) is 10.9 Å². The number of aromatic nitrogens is 1. The fourth-order valence-corrected chi connectivity index (χ4v) is 2.13. The molecular formula is C14H19N. The van der Waals surface area contributed by atoms with Crippen LogP contribution in [0.5, 0.6) is 0 Å². The van der Waals surface area contributed by atoms with Gasteiger partial charge in [-0.1, -0.05) is 32.9 Å². The summed E-state index contributed by atoms with van der Waals surface area (Å²) in [5, 5.41) is 1.41. The molecule has 0 bridgehead atoms. The minimum Gasteiger partial charge on any atom is -0.350 e. The summed E-state index contributed by atoms with van der Waals surface area (Å²) >= 11 is 0. The molecule has 0 saturated carbocycles. The summed E-state index contributed by atoms with van der Waals surface area (Å²) in [6.07, 6.45) is 3.35. The summed E-state index contributed by atoms with van der Waals surface area (Å²) < 4.78 is 2.24. The molecule has 2 aromatic rings. The minimum atomic E-state index is 0.606. The lowest BCUT2D eigenvalue weighted by Gasteiger charge is -2.06. The fraction of sp³-hybridized carbons (Fsp3) is 0.429. The van der Waals surface area contributed by atoms with Crippen molar-refractivity contribution in [2.75, 3.05) is 0 Å². The van der Waals surface area contributed by atoms with Crippen molar-refractivity contribution in [1.82, 2.24) is 4.57 Å². The van der Waals surface area contributed by atoms with Crippen LogP contribution >= 0.6 is 0 Å². The smallest absolute Gasteiger partial charge is 0.0483 e. The third kappa shape index (κ3) is 1.67. The molecule has 0 unspecified atom stereocenters. The largest absolute Gasteiger partial charge is 0.350 e. The Bertz CT molecular complexity index is 477. The molecule has 1 heteroatoms. The molecule has 80 valence electrons. The lowest BCUT2D eigenvalue weighted by molar-refractivity contribution is 0.865. The van der Waals surface area contributed by atoms with E-state index < -0.39 is 0 Å². The predicted molar refractivity (Wildman–Crippen MR) is 66.4 cm³/mol. The molecule has 0 amide bonds. The summed E-state index contributed by atoms with van der Waals surface area (Å²) in [6, 6.07) is 6.84. The van der Waals surface area contributed by atoms with Crippen molar-refractivity contribution in [2.45, 2.75) is 33.1 Å². The molecule has 0 spiro atoms. The summed E-state index contributed by atoms with van der Waals surface area (Å²) in [4.78, 5) is 0. The fourth-order valence-electron chi connectivity index (χ4n) is 2.13. The van der Waals surface area contributed by atoms with Crippen molar-refractivity contribution in [1.29, 1.82) is 0 Å². The molecule has 1 nitrogen and oxygen atoms in total. The summed E-state index contributed by atoms with van der Waals surface area (Å²) in [5.41, 5.74) is 4.23. The summed E-state index contributed by atoms with van der Waals surface area (Å²) in [7, 11) is 2.13. The normalized spacial score (nSPS) is 11.5. The van der Waals surface area contributed by atoms with E-state index in [1.165, 1.54) is 22.0 Å². The number of hydrogen-bond donors (Lipinski definition) is 0. The summed E-state index contributed by atoms with van der Waals surface area (Å²) in [5.74, 6) is 0.606. The molecular weight excluding hydrogens is 182 g/mol. The van der Waals surface area contributed by atoms with E-state index in [1.807, 2.05) is 0 Å². The van der Waals surface area contributed by atoms with Gasteiger partial charge in [0.15, 0.2) is 0 Å². The quantitative estimate of drug-likeness (QED) is 0.695. The molecule has 0 aliphatic heterocycles. The Morgan fingerprint density at radius 2 is 2.00 bits per heavy atom. The molecule has 0 aliphatic rings. The second kappa shape index (κ2) is 3.73. The maximum absolute atomic E-state index is 2.32. The van der Waals surface area contributed by atoms with Gasteiger partial charge in [0.1, 0.15) is 0 Å². The number of aryl methyl sites for hydroxylation is 2. The van der Waals surface area contributed by atoms with Gasteiger partial charge in [0.25, 0.3) is 0 Å². The van der Waals surface area contributed by atoms with Crippen LogP contribution in [-0.2, 0) is 13.5 Å². The first-order valence-electron chi connectivity index (χ1n) is 5.71. The Kier molecular flexibility index (Phi) is 2.56. The van der Waals surface area contributed by atoms with Crippen LogP contribution < -0.4 is 0 Å². The van der Waals surface area contributed by atoms with Crippen LogP contribution in [0.3, 0.4) is 0 Å². The van der Waals surface area contributed by atoms with E-state index in [9.17, 15) is 0 Å². The zero-order chi connectivity index (χ0) is 11.0. The molecule has 1 aromatic carbocycles. The van der Waals surface area contributed by atoms with Gasteiger partial charge in [-0.2, -0.15) is 0 Å². The molecule has 1 aromatic heterocycles. The molecule has 0 radical (unpaired) electrons. The first-order chi connectivity index (χ1) is 7.13. The third-order valence-electron chi connectivity index (χ3n) is 3.14. The molecule has 15 heavy (non-hydrogen) atoms. The Balaban J connectivity index is 2.66. The Morgan fingerprint density at radius 3 is 2.60 bits per heavy atom. The SMILES string of the molecule is CCc1cn(C)c2cc(C(C)C)ccc12. The van der Waals surface area contributed by atoms with Crippen molar-refractivity contribution >= 4 is 10.9 Å². The number of hydrogen-bond acceptors (Lipinski definition) is 0. The zero-order valence-corrected chi connectivity index (χ0v) is 10.0. The van der Waals surface area contributed by atoms with Gasteiger partial charge in [-0.05, 0) is 29.5 Å². The number of nitrogens with zero attached hydrogens (tertiary/aromatic N) is 1. The Morgan fingerprint density at radius 1 is 1.27 bits per heavy atom. The van der Waals surface area contributed by atoms with E-state index in [1.54, 1.807) is 0 Å². The predicted octanol–water partition coefficient (Wildman–Crippen LogP) is 3.86. The van der Waals surface area contributed by atoms with Crippen molar-refractivity contribution in [3.63, 3.8) is 0 Å². The average Bonchev–Trinajstić information content (AvgIpc) is 2.55. The Hall–Kier alpha value is -1.24. The lowest BCUT2D eigenvalue weighted by atomic mass is 10.0. The van der Waals surface area contributed by atoms with Crippen LogP contribution in [0.1, 0.15) is 37.8 Å².